The lowest BCUT2D eigenvalue weighted by molar-refractivity contribution is 0.102. The van der Waals surface area contributed by atoms with Crippen molar-refractivity contribution in [2.75, 3.05) is 37.8 Å². The van der Waals surface area contributed by atoms with Gasteiger partial charge in [-0.1, -0.05) is 6.07 Å². The lowest BCUT2D eigenvalue weighted by Gasteiger charge is -2.10. The fraction of sp³-hybridized carbons (Fsp3) is 0.294. The number of rotatable bonds is 7. The van der Waals surface area contributed by atoms with E-state index < -0.39 is 0 Å². The van der Waals surface area contributed by atoms with Crippen LogP contribution in [0.3, 0.4) is 0 Å². The zero-order chi connectivity index (χ0) is 17.4. The Morgan fingerprint density at radius 2 is 2.04 bits per heavy atom. The summed E-state index contributed by atoms with van der Waals surface area (Å²) in [6.07, 6.45) is 3.93. The molecule has 1 heterocycles. The Kier molecular flexibility index (Phi) is 6.23. The van der Waals surface area contributed by atoms with E-state index in [-0.39, 0.29) is 5.91 Å². The van der Waals surface area contributed by atoms with Crippen molar-refractivity contribution in [1.82, 2.24) is 14.9 Å². The van der Waals surface area contributed by atoms with Crippen molar-refractivity contribution < 1.29 is 4.79 Å². The Hall–Kier alpha value is -2.98. The standard InChI is InChI=1S/C17H20N6O/c1-23(2)8-4-7-19-17-20-11-14(12-21-17)16(24)22-15-6-3-5-13(9-15)10-18/h3,5-6,9,11-12H,4,7-8H2,1-2H3,(H,22,24)(H,19,20,21). The Balaban J connectivity index is 1.90. The minimum Gasteiger partial charge on any atom is -0.354 e. The van der Waals surface area contributed by atoms with Crippen LogP contribution in [-0.4, -0.2) is 48.0 Å². The topological polar surface area (TPSA) is 93.9 Å². The molecule has 0 atom stereocenters. The van der Waals surface area contributed by atoms with Gasteiger partial charge in [-0.15, -0.1) is 0 Å². The molecule has 0 aliphatic carbocycles. The summed E-state index contributed by atoms with van der Waals surface area (Å²) in [5.74, 6) is 0.182. The van der Waals surface area contributed by atoms with Gasteiger partial charge in [-0.3, -0.25) is 4.79 Å². The highest BCUT2D eigenvalue weighted by atomic mass is 16.1. The first-order chi connectivity index (χ1) is 11.6. The molecular formula is C17H20N6O. The minimum absolute atomic E-state index is 0.316. The minimum atomic E-state index is -0.316. The first-order valence-electron chi connectivity index (χ1n) is 7.60. The molecule has 1 aromatic heterocycles. The summed E-state index contributed by atoms with van der Waals surface area (Å²) in [6, 6.07) is 8.75. The lowest BCUT2D eigenvalue weighted by atomic mass is 10.2. The number of benzene rings is 1. The predicted octanol–water partition coefficient (Wildman–Crippen LogP) is 1.96. The zero-order valence-corrected chi connectivity index (χ0v) is 13.8. The molecule has 124 valence electrons. The maximum atomic E-state index is 12.2. The Bertz CT molecular complexity index is 721. The second-order valence-electron chi connectivity index (χ2n) is 5.53. The normalized spacial score (nSPS) is 10.2. The quantitative estimate of drug-likeness (QED) is 0.756. The number of anilines is 2. The number of nitriles is 1. The van der Waals surface area contributed by atoms with Crippen LogP contribution in [-0.2, 0) is 0 Å². The predicted molar refractivity (Wildman–Crippen MR) is 92.8 cm³/mol. The maximum Gasteiger partial charge on any atom is 0.258 e. The van der Waals surface area contributed by atoms with Gasteiger partial charge < -0.3 is 15.5 Å². The van der Waals surface area contributed by atoms with E-state index in [1.807, 2.05) is 20.2 Å². The van der Waals surface area contributed by atoms with E-state index in [2.05, 4.69) is 25.5 Å². The van der Waals surface area contributed by atoms with Crippen LogP contribution < -0.4 is 10.6 Å². The SMILES string of the molecule is CN(C)CCCNc1ncc(C(=O)Nc2cccc(C#N)c2)cn1. The van der Waals surface area contributed by atoms with Gasteiger partial charge in [0, 0.05) is 24.6 Å². The summed E-state index contributed by atoms with van der Waals surface area (Å²) >= 11 is 0. The first-order valence-corrected chi connectivity index (χ1v) is 7.60. The van der Waals surface area contributed by atoms with Crippen molar-refractivity contribution in [2.24, 2.45) is 0 Å². The van der Waals surface area contributed by atoms with Crippen molar-refractivity contribution in [3.05, 3.63) is 47.8 Å². The molecule has 0 radical (unpaired) electrons. The highest BCUT2D eigenvalue weighted by Gasteiger charge is 2.08. The molecule has 0 aliphatic rings. The van der Waals surface area contributed by atoms with Gasteiger partial charge in [-0.05, 0) is 45.3 Å². The van der Waals surface area contributed by atoms with E-state index in [4.69, 9.17) is 5.26 Å². The van der Waals surface area contributed by atoms with E-state index in [1.165, 1.54) is 12.4 Å². The average molecular weight is 324 g/mol. The van der Waals surface area contributed by atoms with Gasteiger partial charge >= 0.3 is 0 Å². The van der Waals surface area contributed by atoms with Gasteiger partial charge in [0.1, 0.15) is 0 Å². The van der Waals surface area contributed by atoms with E-state index in [9.17, 15) is 4.79 Å². The molecule has 0 fully saturated rings. The second-order valence-corrected chi connectivity index (χ2v) is 5.53. The van der Waals surface area contributed by atoms with Crippen molar-refractivity contribution in [2.45, 2.75) is 6.42 Å². The van der Waals surface area contributed by atoms with Crippen LogP contribution in [0, 0.1) is 11.3 Å². The number of amides is 1. The summed E-state index contributed by atoms with van der Waals surface area (Å²) in [4.78, 5) is 22.6. The molecule has 7 nitrogen and oxygen atoms in total. The molecule has 2 N–H and O–H groups in total. The lowest BCUT2D eigenvalue weighted by Crippen LogP contribution is -2.17. The van der Waals surface area contributed by atoms with Gasteiger partial charge in [-0.2, -0.15) is 5.26 Å². The average Bonchev–Trinajstić information content (AvgIpc) is 2.59. The second kappa shape index (κ2) is 8.60. The highest BCUT2D eigenvalue weighted by Crippen LogP contribution is 2.11. The van der Waals surface area contributed by atoms with Crippen LogP contribution in [0.15, 0.2) is 36.7 Å². The number of carbonyl (C=O) groups is 1. The van der Waals surface area contributed by atoms with Gasteiger partial charge in [0.15, 0.2) is 0 Å². The molecule has 7 heteroatoms. The van der Waals surface area contributed by atoms with Gasteiger partial charge in [0.2, 0.25) is 5.95 Å². The summed E-state index contributed by atoms with van der Waals surface area (Å²) in [6.45, 7) is 1.75. The smallest absolute Gasteiger partial charge is 0.258 e. The van der Waals surface area contributed by atoms with Crippen LogP contribution in [0.1, 0.15) is 22.3 Å². The largest absolute Gasteiger partial charge is 0.354 e. The Morgan fingerprint density at radius 3 is 2.71 bits per heavy atom. The van der Waals surface area contributed by atoms with Crippen molar-refractivity contribution >= 4 is 17.5 Å². The fourth-order valence-corrected chi connectivity index (χ4v) is 2.00. The molecule has 0 saturated heterocycles. The Labute approximate surface area is 141 Å². The molecule has 0 aliphatic heterocycles. The highest BCUT2D eigenvalue weighted by molar-refractivity contribution is 6.03. The van der Waals surface area contributed by atoms with Crippen LogP contribution in [0.25, 0.3) is 0 Å². The summed E-state index contributed by atoms with van der Waals surface area (Å²) in [5, 5.41) is 14.7. The molecule has 0 spiro atoms. The summed E-state index contributed by atoms with van der Waals surface area (Å²) < 4.78 is 0. The van der Waals surface area contributed by atoms with E-state index >= 15 is 0 Å². The molecule has 2 aromatic rings. The molecule has 0 saturated carbocycles. The maximum absolute atomic E-state index is 12.2. The van der Waals surface area contributed by atoms with E-state index in [0.717, 1.165) is 19.5 Å². The van der Waals surface area contributed by atoms with Gasteiger partial charge in [0.25, 0.3) is 5.91 Å². The van der Waals surface area contributed by atoms with Crippen LogP contribution >= 0.6 is 0 Å². The van der Waals surface area contributed by atoms with Gasteiger partial charge in [-0.25, -0.2) is 9.97 Å². The van der Waals surface area contributed by atoms with E-state index in [0.29, 0.717) is 22.8 Å². The Morgan fingerprint density at radius 1 is 1.29 bits per heavy atom. The third-order valence-electron chi connectivity index (χ3n) is 3.23. The monoisotopic (exact) mass is 324 g/mol. The molecule has 24 heavy (non-hydrogen) atoms. The summed E-state index contributed by atoms with van der Waals surface area (Å²) in [7, 11) is 4.05. The number of nitrogens with zero attached hydrogens (tertiary/aromatic N) is 4. The third-order valence-corrected chi connectivity index (χ3v) is 3.23. The number of hydrogen-bond donors (Lipinski definition) is 2. The molecule has 1 amide bonds. The fourth-order valence-electron chi connectivity index (χ4n) is 2.00. The van der Waals surface area contributed by atoms with Crippen LogP contribution in [0.4, 0.5) is 11.6 Å². The number of carbonyl (C=O) groups excluding carboxylic acids is 1. The van der Waals surface area contributed by atoms with E-state index in [1.54, 1.807) is 24.3 Å². The van der Waals surface area contributed by atoms with Crippen molar-refractivity contribution in [3.8, 4) is 6.07 Å². The molecule has 2 rings (SSSR count). The molecular weight excluding hydrogens is 304 g/mol. The molecule has 1 aromatic carbocycles. The number of hydrogen-bond acceptors (Lipinski definition) is 6. The zero-order valence-electron chi connectivity index (χ0n) is 13.8. The molecule has 0 unspecified atom stereocenters. The van der Waals surface area contributed by atoms with Crippen molar-refractivity contribution in [3.63, 3.8) is 0 Å². The third kappa shape index (κ3) is 5.34. The van der Waals surface area contributed by atoms with Crippen LogP contribution in [0.5, 0.6) is 0 Å². The number of aromatic nitrogens is 2. The summed E-state index contributed by atoms with van der Waals surface area (Å²) in [5.41, 5.74) is 1.41. The van der Waals surface area contributed by atoms with Gasteiger partial charge in [0.05, 0.1) is 17.2 Å². The molecule has 0 bridgehead atoms. The number of nitrogens with one attached hydrogen (secondary N) is 2. The van der Waals surface area contributed by atoms with Crippen LogP contribution in [0.2, 0.25) is 0 Å². The van der Waals surface area contributed by atoms with Crippen molar-refractivity contribution in [1.29, 1.82) is 5.26 Å². The first kappa shape index (κ1) is 17.4.